The van der Waals surface area contributed by atoms with E-state index in [4.69, 9.17) is 9.84 Å². The van der Waals surface area contributed by atoms with Crippen LogP contribution in [0.2, 0.25) is 0 Å². The van der Waals surface area contributed by atoms with Gasteiger partial charge in [-0.1, -0.05) is 0 Å². The zero-order valence-corrected chi connectivity index (χ0v) is 11.9. The first-order valence-corrected chi connectivity index (χ1v) is 6.94. The number of rotatable bonds is 2. The Morgan fingerprint density at radius 2 is 1.95 bits per heavy atom. The molecule has 3 atom stereocenters. The number of likely N-dealkylation sites (tertiary alicyclic amines) is 1. The summed E-state index contributed by atoms with van der Waals surface area (Å²) in [5, 5.41) is 8.92. The van der Waals surface area contributed by atoms with Crippen molar-refractivity contribution in [3.63, 3.8) is 0 Å². The summed E-state index contributed by atoms with van der Waals surface area (Å²) in [5.74, 6) is 0.245. The quantitative estimate of drug-likeness (QED) is 0.835. The third-order valence-corrected chi connectivity index (χ3v) is 3.96. The third-order valence-electron chi connectivity index (χ3n) is 3.96. The number of aliphatic carboxylic acids is 1. The number of piperidine rings is 1. The maximum Gasteiger partial charge on any atom is 0.410 e. The smallest absolute Gasteiger partial charge is 0.410 e. The number of hydrogen-bond donors (Lipinski definition) is 1. The van der Waals surface area contributed by atoms with Crippen molar-refractivity contribution in [2.75, 3.05) is 13.1 Å². The average Bonchev–Trinajstić information content (AvgIpc) is 2.50. The Hall–Kier alpha value is -1.26. The van der Waals surface area contributed by atoms with Crippen molar-refractivity contribution in [1.29, 1.82) is 0 Å². The van der Waals surface area contributed by atoms with Crippen LogP contribution in [0.3, 0.4) is 0 Å². The Balaban J connectivity index is 1.95. The summed E-state index contributed by atoms with van der Waals surface area (Å²) in [6.07, 6.45) is 1.94. The lowest BCUT2D eigenvalue weighted by Gasteiger charge is -2.34. The molecular formula is C14H23NO4. The number of ether oxygens (including phenoxy) is 1. The molecule has 0 unspecified atom stereocenters. The molecule has 0 radical (unpaired) electrons. The summed E-state index contributed by atoms with van der Waals surface area (Å²) >= 11 is 0. The lowest BCUT2D eigenvalue weighted by Crippen LogP contribution is -2.44. The highest BCUT2D eigenvalue weighted by atomic mass is 16.6. The van der Waals surface area contributed by atoms with E-state index in [2.05, 4.69) is 0 Å². The van der Waals surface area contributed by atoms with Crippen LogP contribution in [0.25, 0.3) is 0 Å². The lowest BCUT2D eigenvalue weighted by atomic mass is 9.92. The molecule has 1 heterocycles. The van der Waals surface area contributed by atoms with Crippen LogP contribution in [0.15, 0.2) is 0 Å². The summed E-state index contributed by atoms with van der Waals surface area (Å²) in [7, 11) is 0. The van der Waals surface area contributed by atoms with E-state index in [-0.39, 0.29) is 18.4 Å². The van der Waals surface area contributed by atoms with Gasteiger partial charge in [-0.2, -0.15) is 0 Å². The van der Waals surface area contributed by atoms with Crippen LogP contribution in [0.5, 0.6) is 0 Å². The number of fused-ring (bicyclic) bond motifs is 2. The number of carbonyl (C=O) groups excluding carboxylic acids is 1. The van der Waals surface area contributed by atoms with Crippen molar-refractivity contribution in [1.82, 2.24) is 4.90 Å². The zero-order chi connectivity index (χ0) is 14.2. The van der Waals surface area contributed by atoms with Crippen molar-refractivity contribution in [3.05, 3.63) is 0 Å². The molecule has 0 aromatic rings. The van der Waals surface area contributed by atoms with E-state index in [1.807, 2.05) is 20.8 Å². The van der Waals surface area contributed by atoms with Crippen molar-refractivity contribution >= 4 is 12.1 Å². The first-order chi connectivity index (χ1) is 8.74. The molecule has 0 aromatic carbocycles. The maximum absolute atomic E-state index is 12.0. The minimum Gasteiger partial charge on any atom is -0.481 e. The molecule has 2 fully saturated rings. The second kappa shape index (κ2) is 5.02. The van der Waals surface area contributed by atoms with Gasteiger partial charge in [0.15, 0.2) is 0 Å². The van der Waals surface area contributed by atoms with Crippen molar-refractivity contribution in [3.8, 4) is 0 Å². The van der Waals surface area contributed by atoms with Gasteiger partial charge in [-0.15, -0.1) is 0 Å². The molecule has 1 N–H and O–H groups in total. The number of carboxylic acid groups (broad SMARTS) is 1. The SMILES string of the molecule is CC(C)(C)OC(=O)N1C[C@@H]2C[C@@H](CC(=O)O)[C@@H](C2)C1. The summed E-state index contributed by atoms with van der Waals surface area (Å²) in [5.41, 5.74) is -0.478. The standard InChI is InChI=1S/C14H23NO4/c1-14(2,3)19-13(18)15-7-9-4-10(6-12(16)17)11(5-9)8-15/h9-11H,4-8H2,1-3H3,(H,16,17)/t9-,10+,11+/m1/s1. The van der Waals surface area contributed by atoms with Gasteiger partial charge in [0.25, 0.3) is 0 Å². The molecular weight excluding hydrogens is 246 g/mol. The van der Waals surface area contributed by atoms with Crippen molar-refractivity contribution in [2.24, 2.45) is 17.8 Å². The number of nitrogens with zero attached hydrogens (tertiary/aromatic N) is 1. The highest BCUT2D eigenvalue weighted by Gasteiger charge is 2.42. The number of carbonyl (C=O) groups is 2. The highest BCUT2D eigenvalue weighted by Crippen LogP contribution is 2.42. The van der Waals surface area contributed by atoms with E-state index in [0.717, 1.165) is 12.8 Å². The largest absolute Gasteiger partial charge is 0.481 e. The minimum absolute atomic E-state index is 0.218. The summed E-state index contributed by atoms with van der Waals surface area (Å²) in [4.78, 5) is 24.6. The predicted molar refractivity (Wildman–Crippen MR) is 69.8 cm³/mol. The van der Waals surface area contributed by atoms with Crippen LogP contribution in [0.1, 0.15) is 40.0 Å². The molecule has 5 heteroatoms. The molecule has 5 nitrogen and oxygen atoms in total. The normalized spacial score (nSPS) is 30.3. The van der Waals surface area contributed by atoms with Crippen LogP contribution in [0, 0.1) is 17.8 Å². The summed E-state index contributed by atoms with van der Waals surface area (Å²) < 4.78 is 5.39. The van der Waals surface area contributed by atoms with Crippen LogP contribution in [-0.2, 0) is 9.53 Å². The van der Waals surface area contributed by atoms with E-state index in [9.17, 15) is 9.59 Å². The van der Waals surface area contributed by atoms with E-state index < -0.39 is 11.6 Å². The molecule has 1 amide bonds. The monoisotopic (exact) mass is 269 g/mol. The summed E-state index contributed by atoms with van der Waals surface area (Å²) in [6.45, 7) is 6.93. The Bertz CT molecular complexity index is 374. The van der Waals surface area contributed by atoms with Gasteiger partial charge in [0.1, 0.15) is 5.60 Å². The predicted octanol–water partition coefficient (Wildman–Crippen LogP) is 2.35. The van der Waals surface area contributed by atoms with Gasteiger partial charge in [0.2, 0.25) is 0 Å². The van der Waals surface area contributed by atoms with Crippen molar-refractivity contribution < 1.29 is 19.4 Å². The van der Waals surface area contributed by atoms with E-state index >= 15 is 0 Å². The fraction of sp³-hybridized carbons (Fsp3) is 0.857. The first kappa shape index (κ1) is 14.2. The van der Waals surface area contributed by atoms with Gasteiger partial charge in [-0.05, 0) is 51.4 Å². The fourth-order valence-corrected chi connectivity index (χ4v) is 3.33. The van der Waals surface area contributed by atoms with Gasteiger partial charge in [-0.3, -0.25) is 4.79 Å². The average molecular weight is 269 g/mol. The minimum atomic E-state index is -0.735. The van der Waals surface area contributed by atoms with Crippen LogP contribution in [-0.4, -0.2) is 40.8 Å². The summed E-state index contributed by atoms with van der Waals surface area (Å²) in [6, 6.07) is 0. The van der Waals surface area contributed by atoms with Gasteiger partial charge in [0, 0.05) is 19.5 Å². The Morgan fingerprint density at radius 1 is 1.26 bits per heavy atom. The Kier molecular flexibility index (Phi) is 3.74. The van der Waals surface area contributed by atoms with Gasteiger partial charge in [-0.25, -0.2) is 4.79 Å². The zero-order valence-electron chi connectivity index (χ0n) is 11.9. The van der Waals surface area contributed by atoms with E-state index in [1.54, 1.807) is 4.90 Å². The molecule has 2 rings (SSSR count). The Morgan fingerprint density at radius 3 is 2.53 bits per heavy atom. The van der Waals surface area contributed by atoms with Crippen LogP contribution >= 0.6 is 0 Å². The second-order valence-electron chi connectivity index (χ2n) is 6.84. The van der Waals surface area contributed by atoms with E-state index in [0.29, 0.717) is 24.9 Å². The maximum atomic E-state index is 12.0. The molecule has 1 aliphatic carbocycles. The van der Waals surface area contributed by atoms with Gasteiger partial charge >= 0.3 is 12.1 Å². The molecule has 108 valence electrons. The number of amides is 1. The van der Waals surface area contributed by atoms with Crippen molar-refractivity contribution in [2.45, 2.75) is 45.6 Å². The molecule has 0 spiro atoms. The van der Waals surface area contributed by atoms with E-state index in [1.165, 1.54) is 0 Å². The molecule has 2 bridgehead atoms. The fourth-order valence-electron chi connectivity index (χ4n) is 3.33. The molecule has 1 saturated carbocycles. The molecule has 2 aliphatic rings. The van der Waals surface area contributed by atoms with Crippen LogP contribution < -0.4 is 0 Å². The number of carboxylic acids is 1. The van der Waals surface area contributed by atoms with Crippen LogP contribution in [0.4, 0.5) is 4.79 Å². The highest BCUT2D eigenvalue weighted by molar-refractivity contribution is 5.69. The van der Waals surface area contributed by atoms with Gasteiger partial charge < -0.3 is 14.7 Å². The molecule has 0 aromatic heterocycles. The second-order valence-corrected chi connectivity index (χ2v) is 6.84. The third kappa shape index (κ3) is 3.61. The molecule has 19 heavy (non-hydrogen) atoms. The molecule has 1 aliphatic heterocycles. The topological polar surface area (TPSA) is 66.8 Å². The van der Waals surface area contributed by atoms with Gasteiger partial charge in [0.05, 0.1) is 0 Å². The first-order valence-electron chi connectivity index (χ1n) is 6.94. The lowest BCUT2D eigenvalue weighted by molar-refractivity contribution is -0.138. The number of hydrogen-bond acceptors (Lipinski definition) is 3. The molecule has 1 saturated heterocycles. The Labute approximate surface area is 113 Å².